The molecule has 1 aromatic carbocycles. The maximum Gasteiger partial charge on any atom is 0.428 e. The number of hydrazine groups is 1. The van der Waals surface area contributed by atoms with Crippen LogP contribution in [0.25, 0.3) is 5.69 Å². The number of rotatable bonds is 5. The fourth-order valence-electron chi connectivity index (χ4n) is 2.90. The van der Waals surface area contributed by atoms with Crippen LogP contribution in [0.4, 0.5) is 4.79 Å². The minimum absolute atomic E-state index is 0.247. The van der Waals surface area contributed by atoms with E-state index in [0.29, 0.717) is 31.5 Å². The number of hydrogen-bond acceptors (Lipinski definition) is 4. The molecule has 1 fully saturated rings. The van der Waals surface area contributed by atoms with Crippen LogP contribution in [0.15, 0.2) is 49.2 Å². The second-order valence-corrected chi connectivity index (χ2v) is 5.99. The Balaban J connectivity index is 1.77. The summed E-state index contributed by atoms with van der Waals surface area (Å²) in [5.41, 5.74) is 2.08. The minimum atomic E-state index is -0.509. The fourth-order valence-corrected chi connectivity index (χ4v) is 2.90. The Morgan fingerprint density at radius 1 is 1.23 bits per heavy atom. The first kappa shape index (κ1) is 17.7. The summed E-state index contributed by atoms with van der Waals surface area (Å²) in [7, 11) is 0. The van der Waals surface area contributed by atoms with Crippen LogP contribution in [0.3, 0.4) is 0 Å². The predicted octanol–water partition coefficient (Wildman–Crippen LogP) is 2.96. The number of aromatic nitrogens is 2. The molecular weight excluding hydrogens is 332 g/mol. The van der Waals surface area contributed by atoms with Gasteiger partial charge in [-0.2, -0.15) is 5.10 Å². The van der Waals surface area contributed by atoms with E-state index in [2.05, 4.69) is 11.7 Å². The van der Waals surface area contributed by atoms with Crippen LogP contribution >= 0.6 is 0 Å². The molecule has 0 unspecified atom stereocenters. The molecule has 136 valence electrons. The van der Waals surface area contributed by atoms with Gasteiger partial charge in [-0.15, -0.1) is 6.58 Å². The highest BCUT2D eigenvalue weighted by Crippen LogP contribution is 2.20. The van der Waals surface area contributed by atoms with E-state index < -0.39 is 6.09 Å². The van der Waals surface area contributed by atoms with E-state index in [1.807, 2.05) is 37.3 Å². The molecule has 7 heteroatoms. The highest BCUT2D eigenvalue weighted by molar-refractivity contribution is 5.96. The van der Waals surface area contributed by atoms with Gasteiger partial charge in [0.25, 0.3) is 5.91 Å². The Morgan fingerprint density at radius 2 is 1.96 bits per heavy atom. The van der Waals surface area contributed by atoms with Crippen LogP contribution in [0.1, 0.15) is 28.9 Å². The summed E-state index contributed by atoms with van der Waals surface area (Å²) < 4.78 is 6.91. The summed E-state index contributed by atoms with van der Waals surface area (Å²) in [5.74, 6) is -0.247. The summed E-state index contributed by atoms with van der Waals surface area (Å²) >= 11 is 0. The van der Waals surface area contributed by atoms with Crippen LogP contribution in [0, 0.1) is 6.92 Å². The van der Waals surface area contributed by atoms with Crippen molar-refractivity contribution in [2.45, 2.75) is 19.8 Å². The number of carbonyl (C=O) groups is 2. The van der Waals surface area contributed by atoms with Gasteiger partial charge in [-0.05, 0) is 31.9 Å². The fraction of sp³-hybridized carbons (Fsp3) is 0.316. The molecule has 3 rings (SSSR count). The van der Waals surface area contributed by atoms with Gasteiger partial charge in [-0.25, -0.2) is 19.5 Å². The van der Waals surface area contributed by atoms with Crippen LogP contribution in [0.2, 0.25) is 0 Å². The minimum Gasteiger partial charge on any atom is -0.448 e. The van der Waals surface area contributed by atoms with Gasteiger partial charge >= 0.3 is 6.09 Å². The molecule has 0 atom stereocenters. The molecule has 1 aromatic heterocycles. The van der Waals surface area contributed by atoms with E-state index in [9.17, 15) is 9.59 Å². The molecule has 0 saturated carbocycles. The smallest absolute Gasteiger partial charge is 0.428 e. The molecule has 1 aliphatic rings. The van der Waals surface area contributed by atoms with Crippen molar-refractivity contribution in [1.82, 2.24) is 19.8 Å². The summed E-state index contributed by atoms with van der Waals surface area (Å²) in [6.45, 7) is 6.64. The lowest BCUT2D eigenvalue weighted by Crippen LogP contribution is -2.45. The van der Waals surface area contributed by atoms with E-state index in [1.165, 1.54) is 10.0 Å². The first-order valence-corrected chi connectivity index (χ1v) is 8.60. The van der Waals surface area contributed by atoms with E-state index >= 15 is 0 Å². The van der Waals surface area contributed by atoms with Gasteiger partial charge in [0.15, 0.2) is 0 Å². The topological polar surface area (TPSA) is 67.7 Å². The van der Waals surface area contributed by atoms with Gasteiger partial charge in [0.2, 0.25) is 0 Å². The zero-order valence-corrected chi connectivity index (χ0v) is 14.8. The first-order valence-electron chi connectivity index (χ1n) is 8.60. The lowest BCUT2D eigenvalue weighted by atomic mass is 10.2. The van der Waals surface area contributed by atoms with Crippen molar-refractivity contribution in [1.29, 1.82) is 0 Å². The van der Waals surface area contributed by atoms with Crippen molar-refractivity contribution in [2.75, 3.05) is 19.7 Å². The third-order valence-corrected chi connectivity index (χ3v) is 4.26. The maximum atomic E-state index is 13.0. The number of para-hydroxylation sites is 1. The molecule has 2 heterocycles. The standard InChI is InChI=1S/C19H22N4O3/c1-3-4-13-26-19(25)22-12-8-11-21(22)18(24)17-14-20-23(15(17)2)16-9-6-5-7-10-16/h3,5-7,9-10,14H,1,4,8,11-13H2,2H3. The van der Waals surface area contributed by atoms with Crippen LogP contribution in [-0.2, 0) is 4.74 Å². The number of nitrogens with zero attached hydrogens (tertiary/aromatic N) is 4. The summed E-state index contributed by atoms with van der Waals surface area (Å²) in [5, 5.41) is 7.14. The van der Waals surface area contributed by atoms with Crippen molar-refractivity contribution in [3.05, 3.63) is 60.4 Å². The molecule has 1 saturated heterocycles. The third kappa shape index (κ3) is 3.46. The van der Waals surface area contributed by atoms with E-state index in [1.54, 1.807) is 17.0 Å². The summed E-state index contributed by atoms with van der Waals surface area (Å²) in [4.78, 5) is 25.2. The molecule has 2 aromatic rings. The van der Waals surface area contributed by atoms with E-state index in [-0.39, 0.29) is 12.5 Å². The molecule has 0 bridgehead atoms. The van der Waals surface area contributed by atoms with Crippen LogP contribution in [0.5, 0.6) is 0 Å². The van der Waals surface area contributed by atoms with Gasteiger partial charge in [0.05, 0.1) is 29.7 Å². The largest absolute Gasteiger partial charge is 0.448 e. The van der Waals surface area contributed by atoms with Gasteiger partial charge < -0.3 is 4.74 Å². The quantitative estimate of drug-likeness (QED) is 0.611. The first-order chi connectivity index (χ1) is 12.6. The van der Waals surface area contributed by atoms with Gasteiger partial charge in [0.1, 0.15) is 0 Å². The Kier molecular flexibility index (Phi) is 5.36. The lowest BCUT2D eigenvalue weighted by Gasteiger charge is -2.26. The average molecular weight is 354 g/mol. The maximum absolute atomic E-state index is 13.0. The second kappa shape index (κ2) is 7.86. The summed E-state index contributed by atoms with van der Waals surface area (Å²) in [6.07, 6.45) is 4.02. The Labute approximate surface area is 152 Å². The molecule has 0 aliphatic carbocycles. The van der Waals surface area contributed by atoms with Crippen LogP contribution < -0.4 is 0 Å². The average Bonchev–Trinajstić information content (AvgIpc) is 3.29. The molecule has 0 spiro atoms. The molecule has 0 N–H and O–H groups in total. The molecule has 2 amide bonds. The van der Waals surface area contributed by atoms with Crippen molar-refractivity contribution in [2.24, 2.45) is 0 Å². The molecule has 7 nitrogen and oxygen atoms in total. The highest BCUT2D eigenvalue weighted by atomic mass is 16.6. The second-order valence-electron chi connectivity index (χ2n) is 5.99. The van der Waals surface area contributed by atoms with Gasteiger partial charge in [-0.1, -0.05) is 24.3 Å². The number of benzene rings is 1. The molecule has 1 aliphatic heterocycles. The van der Waals surface area contributed by atoms with Crippen molar-refractivity contribution >= 4 is 12.0 Å². The Morgan fingerprint density at radius 3 is 2.69 bits per heavy atom. The number of amides is 2. The van der Waals surface area contributed by atoms with Gasteiger partial charge in [0, 0.05) is 13.1 Å². The van der Waals surface area contributed by atoms with E-state index in [0.717, 1.165) is 11.4 Å². The predicted molar refractivity (Wildman–Crippen MR) is 96.8 cm³/mol. The Bertz CT molecular complexity index is 800. The summed E-state index contributed by atoms with van der Waals surface area (Å²) in [6, 6.07) is 9.61. The van der Waals surface area contributed by atoms with Crippen molar-refractivity contribution in [3.63, 3.8) is 0 Å². The third-order valence-electron chi connectivity index (χ3n) is 4.26. The molecule has 26 heavy (non-hydrogen) atoms. The van der Waals surface area contributed by atoms with Crippen molar-refractivity contribution in [3.8, 4) is 5.69 Å². The number of ether oxygens (including phenoxy) is 1. The normalized spacial score (nSPS) is 13.7. The number of hydrogen-bond donors (Lipinski definition) is 0. The number of carbonyl (C=O) groups excluding carboxylic acids is 2. The van der Waals surface area contributed by atoms with Gasteiger partial charge in [-0.3, -0.25) is 4.79 Å². The monoisotopic (exact) mass is 354 g/mol. The highest BCUT2D eigenvalue weighted by Gasteiger charge is 2.33. The van der Waals surface area contributed by atoms with Crippen molar-refractivity contribution < 1.29 is 14.3 Å². The Hall–Kier alpha value is -3.09. The lowest BCUT2D eigenvalue weighted by molar-refractivity contribution is 0.0136. The van der Waals surface area contributed by atoms with E-state index in [4.69, 9.17) is 4.74 Å². The van der Waals surface area contributed by atoms with Crippen LogP contribution in [-0.4, -0.2) is 51.5 Å². The zero-order valence-electron chi connectivity index (χ0n) is 14.8. The molecular formula is C19H22N4O3. The molecule has 0 radical (unpaired) electrons. The SMILES string of the molecule is C=CCCOC(=O)N1CCCN1C(=O)c1cnn(-c2ccccc2)c1C. The zero-order chi connectivity index (χ0) is 18.5.